The van der Waals surface area contributed by atoms with Gasteiger partial charge in [-0.1, -0.05) is 6.07 Å². The van der Waals surface area contributed by atoms with Crippen molar-refractivity contribution in [1.29, 1.82) is 0 Å². The van der Waals surface area contributed by atoms with E-state index in [1.165, 1.54) is 6.07 Å². The average molecular weight is 376 g/mol. The van der Waals surface area contributed by atoms with Gasteiger partial charge in [-0.05, 0) is 24.3 Å². The zero-order valence-electron chi connectivity index (χ0n) is 13.5. The summed E-state index contributed by atoms with van der Waals surface area (Å²) in [4.78, 5) is 15.4. The maximum Gasteiger partial charge on any atom is 0.416 e. The van der Waals surface area contributed by atoms with E-state index in [1.54, 1.807) is 18.2 Å². The number of benzene rings is 2. The second kappa shape index (κ2) is 6.04. The van der Waals surface area contributed by atoms with Crippen molar-refractivity contribution in [2.75, 3.05) is 12.1 Å². The predicted octanol–water partition coefficient (Wildman–Crippen LogP) is 4.42. The number of hydrogen-bond donors (Lipinski definition) is 2. The van der Waals surface area contributed by atoms with Crippen LogP contribution in [0, 0.1) is 0 Å². The zero-order chi connectivity index (χ0) is 19.2. The van der Waals surface area contributed by atoms with Crippen LogP contribution >= 0.6 is 0 Å². The Morgan fingerprint density at radius 3 is 2.63 bits per heavy atom. The monoisotopic (exact) mass is 376 g/mol. The van der Waals surface area contributed by atoms with Crippen LogP contribution in [0.4, 0.5) is 24.5 Å². The van der Waals surface area contributed by atoms with Gasteiger partial charge in [-0.2, -0.15) is 13.2 Å². The summed E-state index contributed by atoms with van der Waals surface area (Å²) in [7, 11) is 0. The van der Waals surface area contributed by atoms with E-state index in [2.05, 4.69) is 10.3 Å². The lowest BCUT2D eigenvalue weighted by molar-refractivity contribution is -0.137. The van der Waals surface area contributed by atoms with Crippen molar-refractivity contribution in [3.05, 3.63) is 53.7 Å². The van der Waals surface area contributed by atoms with Gasteiger partial charge in [0.25, 0.3) is 0 Å². The van der Waals surface area contributed by atoms with Gasteiger partial charge < -0.3 is 19.9 Å². The van der Waals surface area contributed by atoms with Crippen molar-refractivity contribution < 1.29 is 32.5 Å². The molecule has 2 heterocycles. The van der Waals surface area contributed by atoms with Crippen molar-refractivity contribution in [2.24, 2.45) is 0 Å². The first-order chi connectivity index (χ1) is 12.8. The van der Waals surface area contributed by atoms with E-state index in [-0.39, 0.29) is 28.9 Å². The highest BCUT2D eigenvalue weighted by atomic mass is 19.4. The molecule has 0 saturated heterocycles. The standard InChI is InChI=1S/C18H11F3N2O4/c19-18(20,21)9-1-3-11-13(5-9)22-7-12(17(24)25)16(11)23-10-2-4-14-15(6-10)27-8-26-14/h1-7H,8H2,(H,22,23)(H,24,25). The van der Waals surface area contributed by atoms with Crippen molar-refractivity contribution in [2.45, 2.75) is 6.18 Å². The van der Waals surface area contributed by atoms with E-state index in [9.17, 15) is 23.1 Å². The van der Waals surface area contributed by atoms with Crippen LogP contribution in [0.3, 0.4) is 0 Å². The van der Waals surface area contributed by atoms with Crippen LogP contribution < -0.4 is 14.8 Å². The fourth-order valence-corrected chi connectivity index (χ4v) is 2.79. The van der Waals surface area contributed by atoms with Crippen LogP contribution in [-0.4, -0.2) is 22.9 Å². The number of fused-ring (bicyclic) bond motifs is 2. The highest BCUT2D eigenvalue weighted by Gasteiger charge is 2.31. The average Bonchev–Trinajstić information content (AvgIpc) is 3.08. The van der Waals surface area contributed by atoms with E-state index in [0.717, 1.165) is 18.3 Å². The summed E-state index contributed by atoms with van der Waals surface area (Å²) in [5.41, 5.74) is -0.369. The summed E-state index contributed by atoms with van der Waals surface area (Å²) in [6, 6.07) is 7.88. The van der Waals surface area contributed by atoms with Crippen molar-refractivity contribution in [3.8, 4) is 11.5 Å². The predicted molar refractivity (Wildman–Crippen MR) is 89.6 cm³/mol. The number of anilines is 2. The number of halogens is 3. The van der Waals surface area contributed by atoms with Gasteiger partial charge in [0, 0.05) is 23.3 Å². The third-order valence-corrected chi connectivity index (χ3v) is 4.07. The third-order valence-electron chi connectivity index (χ3n) is 4.07. The molecule has 0 unspecified atom stereocenters. The number of carbonyl (C=O) groups is 1. The highest BCUT2D eigenvalue weighted by molar-refractivity contribution is 6.05. The number of pyridine rings is 1. The first-order valence-corrected chi connectivity index (χ1v) is 7.73. The number of nitrogens with one attached hydrogen (secondary N) is 1. The number of rotatable bonds is 3. The van der Waals surface area contributed by atoms with Gasteiger partial charge in [0.1, 0.15) is 5.56 Å². The molecule has 1 aliphatic rings. The Morgan fingerprint density at radius 1 is 1.11 bits per heavy atom. The Hall–Kier alpha value is -3.49. The molecule has 0 bridgehead atoms. The summed E-state index contributed by atoms with van der Waals surface area (Å²) in [5, 5.41) is 12.6. The van der Waals surface area contributed by atoms with Gasteiger partial charge >= 0.3 is 12.1 Å². The molecule has 0 atom stereocenters. The summed E-state index contributed by atoms with van der Waals surface area (Å²) in [6.45, 7) is 0.0809. The minimum Gasteiger partial charge on any atom is -0.478 e. The van der Waals surface area contributed by atoms with Crippen LogP contribution in [0.5, 0.6) is 11.5 Å². The maximum atomic E-state index is 12.9. The fraction of sp³-hybridized carbons (Fsp3) is 0.111. The van der Waals surface area contributed by atoms with E-state index in [4.69, 9.17) is 9.47 Å². The molecule has 2 N–H and O–H groups in total. The molecule has 138 valence electrons. The first-order valence-electron chi connectivity index (χ1n) is 7.73. The number of carboxylic acids is 1. The Morgan fingerprint density at radius 2 is 1.89 bits per heavy atom. The number of carboxylic acid groups (broad SMARTS) is 1. The lowest BCUT2D eigenvalue weighted by Gasteiger charge is -2.14. The van der Waals surface area contributed by atoms with Crippen molar-refractivity contribution in [1.82, 2.24) is 4.98 Å². The quantitative estimate of drug-likeness (QED) is 0.704. The summed E-state index contributed by atoms with van der Waals surface area (Å²) in [6.07, 6.45) is -3.49. The van der Waals surface area contributed by atoms with Gasteiger partial charge in [-0.25, -0.2) is 4.79 Å². The number of nitrogens with zero attached hydrogens (tertiary/aromatic N) is 1. The van der Waals surface area contributed by atoms with Gasteiger partial charge in [-0.3, -0.25) is 4.98 Å². The normalized spacial score (nSPS) is 13.0. The summed E-state index contributed by atoms with van der Waals surface area (Å²) < 4.78 is 49.3. The second-order valence-electron chi connectivity index (χ2n) is 5.77. The van der Waals surface area contributed by atoms with E-state index in [1.807, 2.05) is 0 Å². The largest absolute Gasteiger partial charge is 0.478 e. The molecule has 1 aliphatic heterocycles. The van der Waals surface area contributed by atoms with Crippen LogP contribution in [0.15, 0.2) is 42.6 Å². The van der Waals surface area contributed by atoms with Gasteiger partial charge in [0.05, 0.1) is 16.8 Å². The van der Waals surface area contributed by atoms with Crippen LogP contribution in [0.2, 0.25) is 0 Å². The minimum atomic E-state index is -4.52. The molecule has 0 radical (unpaired) electrons. The van der Waals surface area contributed by atoms with E-state index >= 15 is 0 Å². The smallest absolute Gasteiger partial charge is 0.416 e. The topological polar surface area (TPSA) is 80.7 Å². The van der Waals surface area contributed by atoms with Crippen molar-refractivity contribution >= 4 is 28.2 Å². The number of ether oxygens (including phenoxy) is 2. The van der Waals surface area contributed by atoms with Gasteiger partial charge in [0.15, 0.2) is 11.5 Å². The fourth-order valence-electron chi connectivity index (χ4n) is 2.79. The molecule has 0 amide bonds. The minimum absolute atomic E-state index is 0.0260. The Kier molecular flexibility index (Phi) is 3.79. The summed E-state index contributed by atoms with van der Waals surface area (Å²) in [5.74, 6) is -0.226. The Bertz CT molecular complexity index is 1070. The van der Waals surface area contributed by atoms with E-state index in [0.29, 0.717) is 17.2 Å². The lowest BCUT2D eigenvalue weighted by atomic mass is 10.1. The second-order valence-corrected chi connectivity index (χ2v) is 5.77. The molecule has 6 nitrogen and oxygen atoms in total. The van der Waals surface area contributed by atoms with Crippen LogP contribution in [0.25, 0.3) is 10.9 Å². The molecule has 0 saturated carbocycles. The zero-order valence-corrected chi connectivity index (χ0v) is 13.5. The third kappa shape index (κ3) is 3.07. The van der Waals surface area contributed by atoms with Gasteiger partial charge in [-0.15, -0.1) is 0 Å². The molecule has 27 heavy (non-hydrogen) atoms. The lowest BCUT2D eigenvalue weighted by Crippen LogP contribution is -2.07. The molecule has 2 aromatic carbocycles. The number of hydrogen-bond acceptors (Lipinski definition) is 5. The molecular formula is C18H11F3N2O4. The highest BCUT2D eigenvalue weighted by Crippen LogP contribution is 2.38. The number of alkyl halides is 3. The molecule has 1 aromatic heterocycles. The molecule has 4 rings (SSSR count). The molecule has 0 spiro atoms. The Balaban J connectivity index is 1.83. The molecular weight excluding hydrogens is 365 g/mol. The molecule has 0 fully saturated rings. The van der Waals surface area contributed by atoms with E-state index < -0.39 is 17.7 Å². The SMILES string of the molecule is O=C(O)c1cnc2cc(C(F)(F)F)ccc2c1Nc1ccc2c(c1)OCO2. The van der Waals surface area contributed by atoms with Crippen LogP contribution in [-0.2, 0) is 6.18 Å². The summed E-state index contributed by atoms with van der Waals surface area (Å²) >= 11 is 0. The molecule has 0 aliphatic carbocycles. The number of aromatic nitrogens is 1. The van der Waals surface area contributed by atoms with Gasteiger partial charge in [0.2, 0.25) is 6.79 Å². The number of aromatic carboxylic acids is 1. The molecule has 9 heteroatoms. The van der Waals surface area contributed by atoms with Crippen molar-refractivity contribution in [3.63, 3.8) is 0 Å². The maximum absolute atomic E-state index is 12.9. The Labute approximate surface area is 150 Å². The van der Waals surface area contributed by atoms with Crippen LogP contribution in [0.1, 0.15) is 15.9 Å². The molecule has 3 aromatic rings. The first kappa shape index (κ1) is 17.0.